The molecule has 1 rings (SSSR count). The van der Waals surface area contributed by atoms with Crippen LogP contribution in [0.15, 0.2) is 16.9 Å². The molecule has 0 aliphatic heterocycles. The third-order valence-electron chi connectivity index (χ3n) is 0.694. The van der Waals surface area contributed by atoms with Gasteiger partial charge in [0.1, 0.15) is 0 Å². The minimum absolute atomic E-state index is 0.301. The van der Waals surface area contributed by atoms with E-state index in [0.29, 0.717) is 0 Å². The van der Waals surface area contributed by atoms with Crippen LogP contribution in [-0.4, -0.2) is 26.3 Å². The van der Waals surface area contributed by atoms with E-state index in [1.807, 2.05) is 6.07 Å². The van der Waals surface area contributed by atoms with Crippen molar-refractivity contribution in [3.8, 4) is 0 Å². The monoisotopic (exact) mass is 203 g/mol. The quantitative estimate of drug-likeness (QED) is 0.601. The van der Waals surface area contributed by atoms with Gasteiger partial charge in [-0.25, -0.2) is 0 Å². The van der Waals surface area contributed by atoms with Gasteiger partial charge in [0.2, 0.25) is 0 Å². The molecule has 0 atom stereocenters. The second-order valence-corrected chi connectivity index (χ2v) is 4.02. The first-order valence-corrected chi connectivity index (χ1v) is 6.30. The fourth-order valence-corrected chi connectivity index (χ4v) is 1.42. The van der Waals surface area contributed by atoms with Gasteiger partial charge in [-0.15, -0.1) is 0 Å². The van der Waals surface area contributed by atoms with E-state index in [1.165, 1.54) is 3.71 Å². The maximum atomic E-state index is 4.60. The van der Waals surface area contributed by atoms with Crippen LogP contribution in [0.4, 0.5) is 0 Å². The summed E-state index contributed by atoms with van der Waals surface area (Å²) in [5.74, 6) is 0. The molecule has 0 spiro atoms. The summed E-state index contributed by atoms with van der Waals surface area (Å²) >= 11 is -0.301. The van der Waals surface area contributed by atoms with Crippen LogP contribution >= 0.6 is 0 Å². The van der Waals surface area contributed by atoms with Gasteiger partial charge in [-0.2, -0.15) is 0 Å². The zero-order valence-corrected chi connectivity index (χ0v) is 6.86. The molecule has 0 aliphatic rings. The Hall–Kier alpha value is 0.00870. The third-order valence-corrected chi connectivity index (χ3v) is 2.89. The van der Waals surface area contributed by atoms with Crippen molar-refractivity contribution in [2.24, 2.45) is 0 Å². The zero-order valence-electron chi connectivity index (χ0n) is 4.01. The summed E-state index contributed by atoms with van der Waals surface area (Å²) < 4.78 is 5.78. The molecule has 0 saturated heterocycles. The molecule has 0 saturated carbocycles. The van der Waals surface area contributed by atoms with Gasteiger partial charge in [0.25, 0.3) is 0 Å². The zero-order chi connectivity index (χ0) is 5.11. The number of aromatic nitrogens is 1. The van der Waals surface area contributed by atoms with Gasteiger partial charge < -0.3 is 0 Å². The number of nitrogens with zero attached hydrogens (tertiary/aromatic N) is 1. The van der Waals surface area contributed by atoms with Crippen molar-refractivity contribution < 1.29 is 4.52 Å². The second-order valence-electron chi connectivity index (χ2n) is 1.13. The summed E-state index contributed by atoms with van der Waals surface area (Å²) in [4.78, 5) is 2.21. The number of hydrogen-bond donors (Lipinski definition) is 0. The molecule has 2 radical (unpaired) electrons. The fourth-order valence-electron chi connectivity index (χ4n) is 0.341. The fraction of sp³-hybridized carbons (Fsp3) is 0.250. The molecule has 1 aromatic heterocycles. The second kappa shape index (κ2) is 2.35. The van der Waals surface area contributed by atoms with E-state index in [9.17, 15) is 0 Å². The van der Waals surface area contributed by atoms with E-state index in [-0.39, 0.29) is 21.1 Å². The van der Waals surface area contributed by atoms with Gasteiger partial charge in [0.05, 0.1) is 0 Å². The van der Waals surface area contributed by atoms with E-state index in [1.54, 1.807) is 6.26 Å². The minimum atomic E-state index is -0.301. The van der Waals surface area contributed by atoms with E-state index >= 15 is 0 Å². The molecule has 0 N–H and O–H groups in total. The van der Waals surface area contributed by atoms with Crippen LogP contribution in [0.3, 0.4) is 0 Å². The molecular formula is C4H5NOSn. The van der Waals surface area contributed by atoms with Gasteiger partial charge in [0, 0.05) is 0 Å². The van der Waals surface area contributed by atoms with Crippen LogP contribution in [0.1, 0.15) is 0 Å². The van der Waals surface area contributed by atoms with Crippen molar-refractivity contribution in [2.45, 2.75) is 4.94 Å². The van der Waals surface area contributed by atoms with Crippen LogP contribution in [0.25, 0.3) is 0 Å². The van der Waals surface area contributed by atoms with Gasteiger partial charge in [0.15, 0.2) is 0 Å². The van der Waals surface area contributed by atoms with E-state index in [0.717, 1.165) is 0 Å². The van der Waals surface area contributed by atoms with Crippen LogP contribution in [0, 0.1) is 0 Å². The average molecular weight is 202 g/mol. The molecule has 2 nitrogen and oxygen atoms in total. The van der Waals surface area contributed by atoms with Crippen molar-refractivity contribution in [1.82, 2.24) is 5.16 Å². The summed E-state index contributed by atoms with van der Waals surface area (Å²) in [7, 11) is 0. The topological polar surface area (TPSA) is 26.0 Å². The molecule has 1 aromatic rings. The Kier molecular flexibility index (Phi) is 1.73. The normalized spacial score (nSPS) is 9.29. The number of rotatable bonds is 1. The summed E-state index contributed by atoms with van der Waals surface area (Å²) in [5.41, 5.74) is 0. The van der Waals surface area contributed by atoms with Crippen molar-refractivity contribution in [2.75, 3.05) is 0 Å². The molecule has 7 heavy (non-hydrogen) atoms. The Bertz CT molecular complexity index is 126. The first kappa shape index (κ1) is 5.15. The van der Waals surface area contributed by atoms with E-state index in [4.69, 9.17) is 0 Å². The molecular weight excluding hydrogens is 197 g/mol. The molecule has 0 fully saturated rings. The standard InChI is InChI=1S/C3H2NO.CH3.Sn/c1-2-4-5-3-1;;/h1,3H;1H3;. The Labute approximate surface area is 52.1 Å². The van der Waals surface area contributed by atoms with Gasteiger partial charge in [-0.3, -0.25) is 0 Å². The van der Waals surface area contributed by atoms with E-state index < -0.39 is 0 Å². The molecule has 0 amide bonds. The summed E-state index contributed by atoms with van der Waals surface area (Å²) in [5, 5.41) is 3.74. The first-order chi connectivity index (χ1) is 3.43. The first-order valence-electron chi connectivity index (χ1n) is 2.01. The third kappa shape index (κ3) is 1.19. The Morgan fingerprint density at radius 3 is 3.00 bits per heavy atom. The van der Waals surface area contributed by atoms with Crippen LogP contribution in [-0.2, 0) is 0 Å². The Morgan fingerprint density at radius 1 is 1.86 bits per heavy atom. The molecule has 0 aromatic carbocycles. The van der Waals surface area contributed by atoms with Gasteiger partial charge >= 0.3 is 51.8 Å². The van der Waals surface area contributed by atoms with Crippen molar-refractivity contribution >= 4 is 24.9 Å². The van der Waals surface area contributed by atoms with Crippen LogP contribution in [0.5, 0.6) is 0 Å². The Balaban J connectivity index is 2.76. The molecule has 3 heteroatoms. The van der Waals surface area contributed by atoms with Crippen molar-refractivity contribution in [1.29, 1.82) is 0 Å². The predicted molar refractivity (Wildman–Crippen MR) is 27.8 cm³/mol. The summed E-state index contributed by atoms with van der Waals surface area (Å²) in [6.45, 7) is 0. The number of hydrogen-bond acceptors (Lipinski definition) is 2. The predicted octanol–water partition coefficient (Wildman–Crippen LogP) is 0.0522. The van der Waals surface area contributed by atoms with Gasteiger partial charge in [-0.1, -0.05) is 0 Å². The van der Waals surface area contributed by atoms with E-state index in [2.05, 4.69) is 14.6 Å². The molecule has 1 heterocycles. The van der Waals surface area contributed by atoms with Crippen LogP contribution in [0.2, 0.25) is 4.94 Å². The molecule has 0 bridgehead atoms. The maximum absolute atomic E-state index is 4.60. The summed E-state index contributed by atoms with van der Waals surface area (Å²) in [6, 6.07) is 1.94. The summed E-state index contributed by atoms with van der Waals surface area (Å²) in [6.07, 6.45) is 1.62. The average Bonchev–Trinajstić information content (AvgIpc) is 2.14. The van der Waals surface area contributed by atoms with Gasteiger partial charge in [-0.05, 0) is 0 Å². The Morgan fingerprint density at radius 2 is 2.71 bits per heavy atom. The van der Waals surface area contributed by atoms with Crippen molar-refractivity contribution in [3.05, 3.63) is 12.3 Å². The molecule has 0 unspecified atom stereocenters. The molecule has 0 aliphatic carbocycles. The SMILES string of the molecule is [CH3][Sn][c]1ccon1. The molecule has 36 valence electrons. The van der Waals surface area contributed by atoms with Crippen molar-refractivity contribution in [3.63, 3.8) is 0 Å². The van der Waals surface area contributed by atoms with Crippen LogP contribution < -0.4 is 3.71 Å².